The molecule has 122 valence electrons. The Morgan fingerprint density at radius 1 is 1.48 bits per heavy atom. The first-order valence-corrected chi connectivity index (χ1v) is 8.74. The first-order valence-electron chi connectivity index (χ1n) is 7.49. The van der Waals surface area contributed by atoms with E-state index in [-0.39, 0.29) is 12.0 Å². The molecule has 0 aliphatic carbocycles. The van der Waals surface area contributed by atoms with Crippen LogP contribution in [0.4, 0.5) is 0 Å². The fraction of sp³-hybridized carbons (Fsp3) is 0.375. The minimum absolute atomic E-state index is 0.0649. The van der Waals surface area contributed by atoms with Gasteiger partial charge in [-0.05, 0) is 12.6 Å². The van der Waals surface area contributed by atoms with Gasteiger partial charge in [-0.25, -0.2) is 4.98 Å². The fourth-order valence-electron chi connectivity index (χ4n) is 2.57. The van der Waals surface area contributed by atoms with Crippen molar-refractivity contribution in [3.63, 3.8) is 0 Å². The van der Waals surface area contributed by atoms with Gasteiger partial charge in [0.25, 0.3) is 5.91 Å². The Morgan fingerprint density at radius 3 is 3.09 bits per heavy atom. The first kappa shape index (κ1) is 16.4. The molecule has 7 heteroatoms. The molecule has 0 radical (unpaired) electrons. The second-order valence-electron chi connectivity index (χ2n) is 5.30. The number of thiazole rings is 1. The van der Waals surface area contributed by atoms with E-state index in [1.165, 1.54) is 11.3 Å². The molecule has 2 heterocycles. The van der Waals surface area contributed by atoms with Crippen molar-refractivity contribution in [3.8, 4) is 0 Å². The lowest BCUT2D eigenvalue weighted by Crippen LogP contribution is -2.42. The molecule has 1 aromatic heterocycles. The molecule has 2 N–H and O–H groups in total. The normalized spacial score (nSPS) is 18.2. The van der Waals surface area contributed by atoms with E-state index < -0.39 is 0 Å². The van der Waals surface area contributed by atoms with Gasteiger partial charge in [0.15, 0.2) is 0 Å². The lowest BCUT2D eigenvalue weighted by molar-refractivity contribution is -0.0229. The molecule has 2 aromatic rings. The summed E-state index contributed by atoms with van der Waals surface area (Å²) in [6, 6.07) is 7.57. The molecule has 23 heavy (non-hydrogen) atoms. The van der Waals surface area contributed by atoms with Gasteiger partial charge in [-0.15, -0.1) is 11.3 Å². The van der Waals surface area contributed by atoms with Gasteiger partial charge in [0.2, 0.25) is 0 Å². The van der Waals surface area contributed by atoms with E-state index in [9.17, 15) is 4.79 Å². The third-order valence-electron chi connectivity index (χ3n) is 3.73. The molecule has 1 fully saturated rings. The summed E-state index contributed by atoms with van der Waals surface area (Å²) in [5.74, 6) is -0.0649. The van der Waals surface area contributed by atoms with Crippen LogP contribution in [0.3, 0.4) is 0 Å². The molecule has 0 bridgehead atoms. The zero-order chi connectivity index (χ0) is 16.2. The molecule has 5 nitrogen and oxygen atoms in total. The average molecular weight is 352 g/mol. The minimum atomic E-state index is -0.205. The number of carbonyl (C=O) groups excluding carboxylic acids is 1. The number of nitrogens with zero attached hydrogens (tertiary/aromatic N) is 2. The number of benzene rings is 1. The molecule has 1 amide bonds. The topological polar surface area (TPSA) is 68.5 Å². The van der Waals surface area contributed by atoms with Crippen molar-refractivity contribution in [2.75, 3.05) is 26.2 Å². The molecule has 1 saturated heterocycles. The summed E-state index contributed by atoms with van der Waals surface area (Å²) in [7, 11) is 0. The fourth-order valence-corrected chi connectivity index (χ4v) is 3.61. The zero-order valence-electron chi connectivity index (χ0n) is 12.6. The molecule has 1 atom stereocenters. The highest BCUT2D eigenvalue weighted by Crippen LogP contribution is 2.28. The number of halogens is 1. The van der Waals surface area contributed by atoms with Crippen LogP contribution in [0.1, 0.15) is 27.2 Å². The second-order valence-corrected chi connectivity index (χ2v) is 6.65. The summed E-state index contributed by atoms with van der Waals surface area (Å²) in [6.45, 7) is 2.06. The quantitative estimate of drug-likeness (QED) is 0.919. The van der Waals surface area contributed by atoms with Crippen LogP contribution in [0.2, 0.25) is 5.02 Å². The van der Waals surface area contributed by atoms with Gasteiger partial charge in [-0.1, -0.05) is 29.8 Å². The van der Waals surface area contributed by atoms with Crippen molar-refractivity contribution in [2.24, 2.45) is 5.73 Å². The molecule has 1 unspecified atom stereocenters. The predicted molar refractivity (Wildman–Crippen MR) is 90.9 cm³/mol. The molecule has 3 rings (SSSR count). The maximum atomic E-state index is 12.6. The Bertz CT molecular complexity index is 691. The van der Waals surface area contributed by atoms with E-state index in [2.05, 4.69) is 4.98 Å². The molecule has 1 aromatic carbocycles. The summed E-state index contributed by atoms with van der Waals surface area (Å²) in [5, 5.41) is 3.35. The van der Waals surface area contributed by atoms with Crippen LogP contribution in [0.25, 0.3) is 0 Å². The van der Waals surface area contributed by atoms with E-state index in [1.807, 2.05) is 24.3 Å². The van der Waals surface area contributed by atoms with Crippen LogP contribution < -0.4 is 5.73 Å². The average Bonchev–Trinajstić information content (AvgIpc) is 3.04. The van der Waals surface area contributed by atoms with Crippen LogP contribution in [0.15, 0.2) is 29.6 Å². The lowest BCUT2D eigenvalue weighted by Gasteiger charge is -2.33. The van der Waals surface area contributed by atoms with Gasteiger partial charge in [0.05, 0.1) is 18.2 Å². The number of carbonyl (C=O) groups is 1. The number of hydrogen-bond donors (Lipinski definition) is 1. The van der Waals surface area contributed by atoms with Crippen molar-refractivity contribution < 1.29 is 9.53 Å². The summed E-state index contributed by atoms with van der Waals surface area (Å²) >= 11 is 7.71. The third kappa shape index (κ3) is 3.72. The number of hydrogen-bond acceptors (Lipinski definition) is 5. The number of amides is 1. The predicted octanol–water partition coefficient (Wildman–Crippen LogP) is 2.51. The highest BCUT2D eigenvalue weighted by Gasteiger charge is 2.28. The summed E-state index contributed by atoms with van der Waals surface area (Å²) in [6.07, 6.45) is 0.493. The minimum Gasteiger partial charge on any atom is -0.370 e. The third-order valence-corrected chi connectivity index (χ3v) is 4.99. The van der Waals surface area contributed by atoms with Crippen LogP contribution in [0, 0.1) is 0 Å². The Hall–Kier alpha value is -1.47. The lowest BCUT2D eigenvalue weighted by atomic mass is 10.1. The molecule has 0 saturated carbocycles. The van der Waals surface area contributed by atoms with E-state index in [0.29, 0.717) is 43.4 Å². The van der Waals surface area contributed by atoms with E-state index >= 15 is 0 Å². The van der Waals surface area contributed by atoms with Gasteiger partial charge in [-0.2, -0.15) is 0 Å². The van der Waals surface area contributed by atoms with Gasteiger partial charge < -0.3 is 15.4 Å². The number of ether oxygens (including phenoxy) is 1. The Kier molecular flexibility index (Phi) is 5.27. The van der Waals surface area contributed by atoms with Gasteiger partial charge in [0.1, 0.15) is 11.8 Å². The first-order chi connectivity index (χ1) is 11.2. The highest BCUT2D eigenvalue weighted by atomic mass is 35.5. The second kappa shape index (κ2) is 7.40. The Balaban J connectivity index is 1.72. The van der Waals surface area contributed by atoms with Crippen LogP contribution in [-0.2, 0) is 11.2 Å². The number of nitrogens with two attached hydrogens (primary N) is 1. The molecule has 1 aliphatic heterocycles. The summed E-state index contributed by atoms with van der Waals surface area (Å²) in [5.41, 5.74) is 6.92. The van der Waals surface area contributed by atoms with Crippen LogP contribution >= 0.6 is 22.9 Å². The van der Waals surface area contributed by atoms with Crippen LogP contribution in [-0.4, -0.2) is 42.0 Å². The van der Waals surface area contributed by atoms with Crippen molar-refractivity contribution in [3.05, 3.63) is 50.9 Å². The van der Waals surface area contributed by atoms with Gasteiger partial charge in [0, 0.05) is 28.9 Å². The van der Waals surface area contributed by atoms with Crippen molar-refractivity contribution in [2.45, 2.75) is 12.5 Å². The number of morpholine rings is 1. The zero-order valence-corrected chi connectivity index (χ0v) is 14.1. The van der Waals surface area contributed by atoms with E-state index in [4.69, 9.17) is 22.1 Å². The standard InChI is InChI=1S/C16H18ClN3O2S/c17-12-4-2-1-3-11(12)14-9-20(7-8-22-14)16(21)13-10-23-15(19-13)5-6-18/h1-4,10,14H,5-9,18H2. The maximum absolute atomic E-state index is 12.6. The van der Waals surface area contributed by atoms with E-state index in [0.717, 1.165) is 10.6 Å². The summed E-state index contributed by atoms with van der Waals surface area (Å²) in [4.78, 5) is 18.8. The number of aromatic nitrogens is 1. The smallest absolute Gasteiger partial charge is 0.273 e. The van der Waals surface area contributed by atoms with Crippen molar-refractivity contribution in [1.82, 2.24) is 9.88 Å². The summed E-state index contributed by atoms with van der Waals surface area (Å²) < 4.78 is 5.79. The Labute approximate surface area is 144 Å². The van der Waals surface area contributed by atoms with Crippen molar-refractivity contribution in [1.29, 1.82) is 0 Å². The van der Waals surface area contributed by atoms with E-state index in [1.54, 1.807) is 10.3 Å². The highest BCUT2D eigenvalue weighted by molar-refractivity contribution is 7.09. The Morgan fingerprint density at radius 2 is 2.30 bits per heavy atom. The van der Waals surface area contributed by atoms with Crippen LogP contribution in [0.5, 0.6) is 0 Å². The molecular weight excluding hydrogens is 334 g/mol. The molecular formula is C16H18ClN3O2S. The molecule has 0 spiro atoms. The monoisotopic (exact) mass is 351 g/mol. The SMILES string of the molecule is NCCc1nc(C(=O)N2CCOC(c3ccccc3Cl)C2)cs1. The maximum Gasteiger partial charge on any atom is 0.273 e. The molecule has 1 aliphatic rings. The van der Waals surface area contributed by atoms with Crippen molar-refractivity contribution >= 4 is 28.8 Å². The van der Waals surface area contributed by atoms with Gasteiger partial charge in [-0.3, -0.25) is 4.79 Å². The number of rotatable bonds is 4. The largest absolute Gasteiger partial charge is 0.370 e. The van der Waals surface area contributed by atoms with Gasteiger partial charge >= 0.3 is 0 Å².